The van der Waals surface area contributed by atoms with Crippen LogP contribution < -0.4 is 10.6 Å². The maximum Gasteiger partial charge on any atom is 0.407 e. The number of alkyl carbamates (subject to hydrolysis) is 1. The number of hydrogen-bond acceptors (Lipinski definition) is 7. The van der Waals surface area contributed by atoms with E-state index in [1.165, 1.54) is 0 Å². The summed E-state index contributed by atoms with van der Waals surface area (Å²) in [6, 6.07) is 4.05. The largest absolute Gasteiger partial charge is 0.446 e. The van der Waals surface area contributed by atoms with Gasteiger partial charge in [-0.2, -0.15) is 10.2 Å². The molecule has 4 rings (SSSR count). The van der Waals surface area contributed by atoms with Gasteiger partial charge in [0.05, 0.1) is 12.3 Å². The molecule has 1 aliphatic rings. The summed E-state index contributed by atoms with van der Waals surface area (Å²) in [4.78, 5) is 16.4. The van der Waals surface area contributed by atoms with Crippen molar-refractivity contribution < 1.29 is 14.3 Å². The van der Waals surface area contributed by atoms with E-state index >= 15 is 0 Å². The maximum absolute atomic E-state index is 12.0. The van der Waals surface area contributed by atoms with Crippen molar-refractivity contribution in [2.45, 2.75) is 64.2 Å². The molecule has 0 bridgehead atoms. The average molecular weight is 428 g/mol. The third-order valence-corrected chi connectivity index (χ3v) is 5.65. The van der Waals surface area contributed by atoms with E-state index in [-0.39, 0.29) is 24.2 Å². The van der Waals surface area contributed by atoms with E-state index in [1.807, 2.05) is 26.0 Å². The first-order chi connectivity index (χ1) is 15.1. The Kier molecular flexibility index (Phi) is 6.36. The number of ether oxygens (including phenoxy) is 2. The number of aromatic amines is 1. The van der Waals surface area contributed by atoms with Crippen molar-refractivity contribution in [3.05, 3.63) is 35.9 Å². The molecule has 10 nitrogen and oxygen atoms in total. The van der Waals surface area contributed by atoms with Crippen LogP contribution in [0.3, 0.4) is 0 Å². The number of carbonyl (C=O) groups excluding carboxylic acids is 1. The van der Waals surface area contributed by atoms with Gasteiger partial charge in [0.2, 0.25) is 0 Å². The Morgan fingerprint density at radius 3 is 3.06 bits per heavy atom. The molecule has 10 heteroatoms. The molecule has 0 radical (unpaired) electrons. The van der Waals surface area contributed by atoms with Crippen molar-refractivity contribution in [2.75, 3.05) is 12.4 Å². The highest BCUT2D eigenvalue weighted by molar-refractivity contribution is 5.72. The van der Waals surface area contributed by atoms with Gasteiger partial charge in [0, 0.05) is 43.2 Å². The van der Waals surface area contributed by atoms with Crippen LogP contribution in [0.5, 0.6) is 0 Å². The van der Waals surface area contributed by atoms with Gasteiger partial charge in [0.15, 0.2) is 11.6 Å². The standard InChI is InChI=1S/C21H29N7O3/c1-4-13(2)23-21(29)31-16-6-5-14(9-16)17-11-19(26-25-17)24-20-18-10-15(12-30-3)27-28(18)8-7-22-20/h7-8,10-11,13-14,16H,4-6,9,12H2,1-3H3,(H,23,29)(H2,22,24,25,26)/t13-,14+,16-/m1/s1. The van der Waals surface area contributed by atoms with E-state index < -0.39 is 0 Å². The number of amides is 1. The number of rotatable bonds is 8. The van der Waals surface area contributed by atoms with Gasteiger partial charge in [0.1, 0.15) is 11.6 Å². The number of fused-ring (bicyclic) bond motifs is 1. The summed E-state index contributed by atoms with van der Waals surface area (Å²) in [7, 11) is 1.64. The second-order valence-corrected chi connectivity index (χ2v) is 8.00. The second-order valence-electron chi connectivity index (χ2n) is 8.00. The molecule has 0 aromatic carbocycles. The molecular formula is C21H29N7O3. The van der Waals surface area contributed by atoms with Crippen LogP contribution in [0.4, 0.5) is 16.4 Å². The fraction of sp³-hybridized carbons (Fsp3) is 0.524. The highest BCUT2D eigenvalue weighted by atomic mass is 16.6. The Hall–Kier alpha value is -3.14. The lowest BCUT2D eigenvalue weighted by molar-refractivity contribution is 0.0974. The fourth-order valence-corrected chi connectivity index (χ4v) is 3.84. The molecule has 1 amide bonds. The van der Waals surface area contributed by atoms with Gasteiger partial charge in [-0.3, -0.25) is 5.10 Å². The van der Waals surface area contributed by atoms with Gasteiger partial charge >= 0.3 is 6.09 Å². The Morgan fingerprint density at radius 2 is 2.26 bits per heavy atom. The second kappa shape index (κ2) is 9.34. The third kappa shape index (κ3) is 4.96. The summed E-state index contributed by atoms with van der Waals surface area (Å²) >= 11 is 0. The Labute approximate surface area is 180 Å². The highest BCUT2D eigenvalue weighted by Gasteiger charge is 2.30. The molecule has 3 aromatic heterocycles. The molecule has 1 fully saturated rings. The molecule has 166 valence electrons. The monoisotopic (exact) mass is 427 g/mol. The molecule has 0 unspecified atom stereocenters. The number of hydrogen-bond donors (Lipinski definition) is 3. The van der Waals surface area contributed by atoms with Gasteiger partial charge in [-0.15, -0.1) is 0 Å². The molecule has 3 atom stereocenters. The van der Waals surface area contributed by atoms with Crippen LogP contribution in [-0.4, -0.2) is 50.1 Å². The number of aromatic nitrogens is 5. The first-order valence-electron chi connectivity index (χ1n) is 10.7. The summed E-state index contributed by atoms with van der Waals surface area (Å²) in [5, 5.41) is 18.1. The molecule has 1 saturated carbocycles. The Morgan fingerprint density at radius 1 is 1.39 bits per heavy atom. The van der Waals surface area contributed by atoms with Crippen LogP contribution in [-0.2, 0) is 16.1 Å². The molecule has 31 heavy (non-hydrogen) atoms. The molecule has 3 N–H and O–H groups in total. The minimum Gasteiger partial charge on any atom is -0.446 e. The average Bonchev–Trinajstić information content (AvgIpc) is 3.48. The minimum absolute atomic E-state index is 0.0739. The molecular weight excluding hydrogens is 398 g/mol. The van der Waals surface area contributed by atoms with E-state index in [4.69, 9.17) is 9.47 Å². The van der Waals surface area contributed by atoms with Crippen molar-refractivity contribution in [2.24, 2.45) is 0 Å². The Balaban J connectivity index is 1.38. The molecule has 3 aromatic rings. The van der Waals surface area contributed by atoms with Crippen molar-refractivity contribution in [3.63, 3.8) is 0 Å². The van der Waals surface area contributed by atoms with Crippen molar-refractivity contribution in [3.8, 4) is 0 Å². The number of nitrogens with zero attached hydrogens (tertiary/aromatic N) is 4. The number of H-pyrrole nitrogens is 1. The predicted molar refractivity (Wildman–Crippen MR) is 115 cm³/mol. The quantitative estimate of drug-likeness (QED) is 0.503. The summed E-state index contributed by atoms with van der Waals surface area (Å²) in [6.45, 7) is 4.44. The minimum atomic E-state index is -0.334. The van der Waals surface area contributed by atoms with E-state index in [9.17, 15) is 4.79 Å². The van der Waals surface area contributed by atoms with Gasteiger partial charge in [-0.1, -0.05) is 6.92 Å². The lowest BCUT2D eigenvalue weighted by Crippen LogP contribution is -2.34. The highest BCUT2D eigenvalue weighted by Crippen LogP contribution is 2.36. The van der Waals surface area contributed by atoms with E-state index in [2.05, 4.69) is 30.9 Å². The molecule has 3 heterocycles. The van der Waals surface area contributed by atoms with E-state index in [1.54, 1.807) is 24.0 Å². The normalized spacial score (nSPS) is 19.5. The number of methoxy groups -OCH3 is 1. The molecule has 0 saturated heterocycles. The van der Waals surface area contributed by atoms with Crippen molar-refractivity contribution in [1.82, 2.24) is 30.1 Å². The van der Waals surface area contributed by atoms with Crippen LogP contribution >= 0.6 is 0 Å². The first-order valence-corrected chi connectivity index (χ1v) is 10.7. The molecule has 0 aliphatic heterocycles. The van der Waals surface area contributed by atoms with Gasteiger partial charge in [-0.25, -0.2) is 14.3 Å². The van der Waals surface area contributed by atoms with Crippen LogP contribution in [0.25, 0.3) is 5.52 Å². The number of anilines is 2. The smallest absolute Gasteiger partial charge is 0.407 e. The zero-order valence-corrected chi connectivity index (χ0v) is 18.1. The number of carbonyl (C=O) groups is 1. The van der Waals surface area contributed by atoms with Crippen LogP contribution in [0, 0.1) is 0 Å². The van der Waals surface area contributed by atoms with Crippen molar-refractivity contribution in [1.29, 1.82) is 0 Å². The topological polar surface area (TPSA) is 118 Å². The van der Waals surface area contributed by atoms with E-state index in [0.29, 0.717) is 18.2 Å². The van der Waals surface area contributed by atoms with Crippen LogP contribution in [0.2, 0.25) is 0 Å². The van der Waals surface area contributed by atoms with Gasteiger partial charge in [0.25, 0.3) is 0 Å². The van der Waals surface area contributed by atoms with Gasteiger partial charge in [-0.05, 0) is 38.7 Å². The van der Waals surface area contributed by atoms with Crippen molar-refractivity contribution >= 4 is 23.2 Å². The van der Waals surface area contributed by atoms with Crippen LogP contribution in [0.1, 0.15) is 56.8 Å². The zero-order chi connectivity index (χ0) is 21.8. The van der Waals surface area contributed by atoms with E-state index in [0.717, 1.165) is 42.6 Å². The maximum atomic E-state index is 12.0. The first kappa shape index (κ1) is 21.1. The SMILES string of the molecule is CC[C@@H](C)NC(=O)O[C@@H]1CC[C@H](c2cc(Nc3nccn4nc(COC)cc34)n[nH]2)C1. The number of nitrogens with one attached hydrogen (secondary N) is 3. The zero-order valence-electron chi connectivity index (χ0n) is 18.1. The summed E-state index contributed by atoms with van der Waals surface area (Å²) in [5.41, 5.74) is 2.70. The summed E-state index contributed by atoms with van der Waals surface area (Å²) in [6.07, 6.45) is 6.53. The predicted octanol–water partition coefficient (Wildman–Crippen LogP) is 3.50. The third-order valence-electron chi connectivity index (χ3n) is 5.65. The molecule has 0 spiro atoms. The van der Waals surface area contributed by atoms with Crippen LogP contribution in [0.15, 0.2) is 24.5 Å². The molecule has 1 aliphatic carbocycles. The Bertz CT molecular complexity index is 1030. The fourth-order valence-electron chi connectivity index (χ4n) is 3.84. The lowest BCUT2D eigenvalue weighted by Gasteiger charge is -2.16. The summed E-state index contributed by atoms with van der Waals surface area (Å²) < 4.78 is 12.5. The summed E-state index contributed by atoms with van der Waals surface area (Å²) in [5.74, 6) is 1.63. The lowest BCUT2D eigenvalue weighted by atomic mass is 10.0. The van der Waals surface area contributed by atoms with Gasteiger partial charge < -0.3 is 20.1 Å².